The molecule has 6 heteroatoms. The van der Waals surface area contributed by atoms with Gasteiger partial charge in [0.05, 0.1) is 18.2 Å². The van der Waals surface area contributed by atoms with Crippen molar-refractivity contribution < 1.29 is 4.79 Å². The molecule has 2 aromatic carbocycles. The molecule has 6 nitrogen and oxygen atoms in total. The van der Waals surface area contributed by atoms with Crippen LogP contribution in [0.25, 0.3) is 0 Å². The van der Waals surface area contributed by atoms with Gasteiger partial charge in [0.15, 0.2) is 5.96 Å². The summed E-state index contributed by atoms with van der Waals surface area (Å²) in [4.78, 5) is 18.3. The van der Waals surface area contributed by atoms with E-state index in [1.165, 1.54) is 0 Å². The Morgan fingerprint density at radius 3 is 2.50 bits per heavy atom. The molecular formula is C22H27N5O. The molecule has 1 amide bonds. The summed E-state index contributed by atoms with van der Waals surface area (Å²) < 4.78 is 0. The highest BCUT2D eigenvalue weighted by Crippen LogP contribution is 2.08. The molecule has 0 bridgehead atoms. The van der Waals surface area contributed by atoms with Crippen molar-refractivity contribution >= 4 is 11.9 Å². The second kappa shape index (κ2) is 10.7. The third kappa shape index (κ3) is 6.44. The Kier molecular flexibility index (Phi) is 8.04. The zero-order valence-electron chi connectivity index (χ0n) is 16.7. The molecule has 146 valence electrons. The minimum Gasteiger partial charge on any atom is -0.357 e. The van der Waals surface area contributed by atoms with E-state index in [9.17, 15) is 4.79 Å². The predicted molar refractivity (Wildman–Crippen MR) is 112 cm³/mol. The smallest absolute Gasteiger partial charge is 0.253 e. The summed E-state index contributed by atoms with van der Waals surface area (Å²) >= 11 is 0. The van der Waals surface area contributed by atoms with Crippen LogP contribution in [0, 0.1) is 11.3 Å². The van der Waals surface area contributed by atoms with Gasteiger partial charge < -0.3 is 15.5 Å². The molecule has 0 aliphatic heterocycles. The minimum absolute atomic E-state index is 0.00660. The summed E-state index contributed by atoms with van der Waals surface area (Å²) in [6.45, 7) is 4.04. The van der Waals surface area contributed by atoms with Crippen molar-refractivity contribution in [2.24, 2.45) is 4.99 Å². The lowest BCUT2D eigenvalue weighted by atomic mass is 10.1. The van der Waals surface area contributed by atoms with Crippen LogP contribution in [0.2, 0.25) is 0 Å². The largest absolute Gasteiger partial charge is 0.357 e. The van der Waals surface area contributed by atoms with Crippen LogP contribution in [-0.2, 0) is 13.0 Å². The van der Waals surface area contributed by atoms with Crippen molar-refractivity contribution in [1.82, 2.24) is 15.5 Å². The number of hydrogen-bond acceptors (Lipinski definition) is 3. The SMILES string of the molecule is CCNC(=NCc1ccc(C#N)cc1)NCCc1cccc(C(=O)N(C)C)c1. The minimum atomic E-state index is 0.00660. The van der Waals surface area contributed by atoms with E-state index in [-0.39, 0.29) is 5.91 Å². The summed E-state index contributed by atoms with van der Waals surface area (Å²) in [6.07, 6.45) is 0.788. The van der Waals surface area contributed by atoms with Crippen LogP contribution in [0.1, 0.15) is 34.0 Å². The Bertz CT molecular complexity index is 850. The van der Waals surface area contributed by atoms with E-state index in [4.69, 9.17) is 5.26 Å². The zero-order chi connectivity index (χ0) is 20.4. The van der Waals surface area contributed by atoms with E-state index in [1.54, 1.807) is 31.1 Å². The number of nitrogens with zero attached hydrogens (tertiary/aromatic N) is 3. The van der Waals surface area contributed by atoms with Crippen LogP contribution >= 0.6 is 0 Å². The van der Waals surface area contributed by atoms with Crippen LogP contribution in [-0.4, -0.2) is 44.0 Å². The second-order valence-electron chi connectivity index (χ2n) is 6.58. The Morgan fingerprint density at radius 1 is 1.11 bits per heavy atom. The summed E-state index contributed by atoms with van der Waals surface area (Å²) in [6, 6.07) is 17.3. The van der Waals surface area contributed by atoms with E-state index in [1.807, 2.05) is 43.3 Å². The van der Waals surface area contributed by atoms with Crippen molar-refractivity contribution in [3.63, 3.8) is 0 Å². The van der Waals surface area contributed by atoms with E-state index in [0.717, 1.165) is 30.1 Å². The zero-order valence-corrected chi connectivity index (χ0v) is 16.7. The van der Waals surface area contributed by atoms with Gasteiger partial charge in [0.25, 0.3) is 5.91 Å². The van der Waals surface area contributed by atoms with Gasteiger partial charge in [-0.15, -0.1) is 0 Å². The number of nitriles is 1. The molecule has 0 aliphatic carbocycles. The van der Waals surface area contributed by atoms with Gasteiger partial charge in [0.1, 0.15) is 0 Å². The number of hydrogen-bond donors (Lipinski definition) is 2. The first kappa shape index (κ1) is 21.0. The van der Waals surface area contributed by atoms with Crippen LogP contribution in [0.15, 0.2) is 53.5 Å². The average Bonchev–Trinajstić information content (AvgIpc) is 2.72. The molecule has 28 heavy (non-hydrogen) atoms. The fourth-order valence-electron chi connectivity index (χ4n) is 2.64. The Balaban J connectivity index is 1.93. The number of rotatable bonds is 7. The third-order valence-electron chi connectivity index (χ3n) is 4.13. The first-order chi connectivity index (χ1) is 13.5. The van der Waals surface area contributed by atoms with Crippen molar-refractivity contribution in [2.75, 3.05) is 27.2 Å². The van der Waals surface area contributed by atoms with Crippen molar-refractivity contribution in [2.45, 2.75) is 19.9 Å². The van der Waals surface area contributed by atoms with Gasteiger partial charge in [0, 0.05) is 32.7 Å². The standard InChI is InChI=1S/C22H27N5O/c1-4-24-22(26-16-19-10-8-18(15-23)9-11-19)25-13-12-17-6-5-7-20(14-17)21(28)27(2)3/h5-11,14H,4,12-13,16H2,1-3H3,(H2,24,25,26). The van der Waals surface area contributed by atoms with E-state index in [2.05, 4.69) is 21.7 Å². The van der Waals surface area contributed by atoms with Crippen molar-refractivity contribution in [1.29, 1.82) is 5.26 Å². The van der Waals surface area contributed by atoms with Gasteiger partial charge in [-0.05, 0) is 48.7 Å². The van der Waals surface area contributed by atoms with Gasteiger partial charge in [-0.3, -0.25) is 4.79 Å². The predicted octanol–water partition coefficient (Wildman–Crippen LogP) is 2.56. The third-order valence-corrected chi connectivity index (χ3v) is 4.13. The lowest BCUT2D eigenvalue weighted by Gasteiger charge is -2.13. The molecule has 2 N–H and O–H groups in total. The monoisotopic (exact) mass is 377 g/mol. The quantitative estimate of drug-likeness (QED) is 0.574. The molecule has 0 fully saturated rings. The van der Waals surface area contributed by atoms with Crippen molar-refractivity contribution in [3.8, 4) is 6.07 Å². The van der Waals surface area contributed by atoms with Crippen LogP contribution in [0.4, 0.5) is 0 Å². The Morgan fingerprint density at radius 2 is 1.86 bits per heavy atom. The molecule has 0 atom stereocenters. The van der Waals surface area contributed by atoms with Crippen molar-refractivity contribution in [3.05, 3.63) is 70.8 Å². The molecule has 0 unspecified atom stereocenters. The molecule has 0 saturated carbocycles. The maximum absolute atomic E-state index is 12.1. The molecule has 0 aromatic heterocycles. The number of aliphatic imine (C=N–C) groups is 1. The highest BCUT2D eigenvalue weighted by atomic mass is 16.2. The Labute approximate surface area is 166 Å². The first-order valence-corrected chi connectivity index (χ1v) is 9.35. The molecule has 2 rings (SSSR count). The highest BCUT2D eigenvalue weighted by molar-refractivity contribution is 5.94. The van der Waals surface area contributed by atoms with Crippen LogP contribution < -0.4 is 10.6 Å². The topological polar surface area (TPSA) is 80.5 Å². The fourth-order valence-corrected chi connectivity index (χ4v) is 2.64. The number of carbonyl (C=O) groups excluding carboxylic acids is 1. The van der Waals surface area contributed by atoms with Gasteiger partial charge in [-0.2, -0.15) is 5.26 Å². The van der Waals surface area contributed by atoms with E-state index >= 15 is 0 Å². The highest BCUT2D eigenvalue weighted by Gasteiger charge is 2.08. The Hall–Kier alpha value is -3.33. The number of guanidine groups is 1. The van der Waals surface area contributed by atoms with E-state index in [0.29, 0.717) is 24.2 Å². The summed E-state index contributed by atoms with van der Waals surface area (Å²) in [5, 5.41) is 15.4. The van der Waals surface area contributed by atoms with Gasteiger partial charge in [-0.25, -0.2) is 4.99 Å². The van der Waals surface area contributed by atoms with Gasteiger partial charge >= 0.3 is 0 Å². The molecule has 0 heterocycles. The lowest BCUT2D eigenvalue weighted by Crippen LogP contribution is -2.38. The van der Waals surface area contributed by atoms with Crippen LogP contribution in [0.3, 0.4) is 0 Å². The molecule has 2 aromatic rings. The summed E-state index contributed by atoms with van der Waals surface area (Å²) in [7, 11) is 3.51. The number of amides is 1. The molecule has 0 saturated heterocycles. The fraction of sp³-hybridized carbons (Fsp3) is 0.318. The maximum Gasteiger partial charge on any atom is 0.253 e. The molecule has 0 spiro atoms. The van der Waals surface area contributed by atoms with E-state index < -0.39 is 0 Å². The first-order valence-electron chi connectivity index (χ1n) is 9.35. The number of carbonyl (C=O) groups is 1. The molecular weight excluding hydrogens is 350 g/mol. The van der Waals surface area contributed by atoms with Gasteiger partial charge in [-0.1, -0.05) is 24.3 Å². The summed E-state index contributed by atoms with van der Waals surface area (Å²) in [5.74, 6) is 0.750. The van der Waals surface area contributed by atoms with Gasteiger partial charge in [0.2, 0.25) is 0 Å². The van der Waals surface area contributed by atoms with Crippen LogP contribution in [0.5, 0.6) is 0 Å². The number of nitrogens with one attached hydrogen (secondary N) is 2. The molecule has 0 radical (unpaired) electrons. The average molecular weight is 377 g/mol. The normalized spacial score (nSPS) is 10.9. The maximum atomic E-state index is 12.1. The number of benzene rings is 2. The summed E-state index contributed by atoms with van der Waals surface area (Å²) in [5.41, 5.74) is 3.49. The second-order valence-corrected chi connectivity index (χ2v) is 6.58. The lowest BCUT2D eigenvalue weighted by molar-refractivity contribution is 0.0827. The molecule has 0 aliphatic rings.